The van der Waals surface area contributed by atoms with Crippen molar-refractivity contribution in [1.29, 1.82) is 10.8 Å². The van der Waals surface area contributed by atoms with Gasteiger partial charge in [-0.25, -0.2) is 9.18 Å². The molecule has 0 aromatic heterocycles. The lowest BCUT2D eigenvalue weighted by Gasteiger charge is -2.32. The van der Waals surface area contributed by atoms with Crippen LogP contribution >= 0.6 is 0 Å². The van der Waals surface area contributed by atoms with Crippen LogP contribution in [0, 0.1) is 16.6 Å². The third kappa shape index (κ3) is 5.44. The first-order chi connectivity index (χ1) is 15.5. The van der Waals surface area contributed by atoms with Crippen LogP contribution in [-0.4, -0.2) is 69.4 Å². The maximum absolute atomic E-state index is 14.8. The van der Waals surface area contributed by atoms with E-state index in [1.165, 1.54) is 6.07 Å². The number of halogens is 1. The maximum Gasteiger partial charge on any atom is 0.317 e. The number of carbonyl (C=O) groups excluding carboxylic acids is 1. The molecule has 0 radical (unpaired) electrons. The van der Waals surface area contributed by atoms with Crippen LogP contribution in [0.2, 0.25) is 0 Å². The summed E-state index contributed by atoms with van der Waals surface area (Å²) in [6.45, 7) is 2.06. The van der Waals surface area contributed by atoms with Gasteiger partial charge in [0.15, 0.2) is 0 Å². The molecule has 6 N–H and O–H groups in total. The van der Waals surface area contributed by atoms with Crippen molar-refractivity contribution in [2.75, 3.05) is 45.7 Å². The highest BCUT2D eigenvalue weighted by Crippen LogP contribution is 2.23. The van der Waals surface area contributed by atoms with Crippen molar-refractivity contribution in [3.8, 4) is 0 Å². The van der Waals surface area contributed by atoms with Crippen molar-refractivity contribution in [3.05, 3.63) is 47.0 Å². The van der Waals surface area contributed by atoms with Crippen LogP contribution in [0.1, 0.15) is 18.4 Å². The number of urea groups is 1. The van der Waals surface area contributed by atoms with E-state index in [4.69, 9.17) is 15.6 Å². The number of allylic oxidation sites excluding steroid dienone is 1. The van der Waals surface area contributed by atoms with Crippen molar-refractivity contribution >= 4 is 29.3 Å². The fraction of sp³-hybridized carbons (Fsp3) is 0.409. The van der Waals surface area contributed by atoms with Gasteiger partial charge in [-0.15, -0.1) is 0 Å². The number of amides is 2. The predicted molar refractivity (Wildman–Crippen MR) is 124 cm³/mol. The van der Waals surface area contributed by atoms with E-state index in [1.54, 1.807) is 37.3 Å². The van der Waals surface area contributed by atoms with Crippen LogP contribution in [0.3, 0.4) is 0 Å². The summed E-state index contributed by atoms with van der Waals surface area (Å²) in [6.07, 6.45) is 4.21. The molecule has 1 aromatic rings. The Morgan fingerprint density at radius 3 is 2.78 bits per heavy atom. The van der Waals surface area contributed by atoms with E-state index in [0.717, 1.165) is 18.3 Å². The summed E-state index contributed by atoms with van der Waals surface area (Å²) in [5, 5.41) is 27.9. The van der Waals surface area contributed by atoms with Crippen LogP contribution in [0.5, 0.6) is 0 Å². The van der Waals surface area contributed by atoms with Crippen molar-refractivity contribution in [2.45, 2.75) is 18.9 Å². The largest absolute Gasteiger partial charge is 0.393 e. The van der Waals surface area contributed by atoms with Crippen LogP contribution < -0.4 is 21.3 Å². The third-order valence-corrected chi connectivity index (χ3v) is 5.47. The molecule has 2 amide bonds. The smallest absolute Gasteiger partial charge is 0.317 e. The molecule has 172 valence electrons. The number of amidine groups is 1. The Balaban J connectivity index is 1.83. The molecule has 32 heavy (non-hydrogen) atoms. The first-order valence-corrected chi connectivity index (χ1v) is 10.5. The van der Waals surface area contributed by atoms with Crippen molar-refractivity contribution in [2.24, 2.45) is 0 Å². The highest BCUT2D eigenvalue weighted by Gasteiger charge is 2.27. The maximum atomic E-state index is 14.8. The number of rotatable bonds is 7. The van der Waals surface area contributed by atoms with Gasteiger partial charge in [0, 0.05) is 62.9 Å². The molecule has 0 unspecified atom stereocenters. The highest BCUT2D eigenvalue weighted by molar-refractivity contribution is 6.09. The number of ether oxygens (including phenoxy) is 1. The number of anilines is 1. The average Bonchev–Trinajstić information content (AvgIpc) is 3.31. The molecular formula is C22H30FN7O2. The van der Waals surface area contributed by atoms with Gasteiger partial charge in [0.1, 0.15) is 11.7 Å². The molecule has 1 saturated heterocycles. The second-order valence-corrected chi connectivity index (χ2v) is 7.62. The van der Waals surface area contributed by atoms with Gasteiger partial charge in [-0.3, -0.25) is 5.41 Å². The highest BCUT2D eigenvalue weighted by atomic mass is 19.1. The van der Waals surface area contributed by atoms with Crippen molar-refractivity contribution in [1.82, 2.24) is 20.9 Å². The molecule has 10 heteroatoms. The summed E-state index contributed by atoms with van der Waals surface area (Å²) in [4.78, 5) is 13.8. The van der Waals surface area contributed by atoms with E-state index in [1.807, 2.05) is 0 Å². The van der Waals surface area contributed by atoms with Gasteiger partial charge in [0.25, 0.3) is 0 Å². The normalized spacial score (nSPS) is 18.9. The molecular weight excluding hydrogens is 413 g/mol. The van der Waals surface area contributed by atoms with Gasteiger partial charge in [0.05, 0.1) is 24.9 Å². The van der Waals surface area contributed by atoms with Crippen LogP contribution in [0.15, 0.2) is 35.7 Å². The minimum atomic E-state index is -0.533. The van der Waals surface area contributed by atoms with Gasteiger partial charge in [-0.1, -0.05) is 6.07 Å². The number of nitrogens with one attached hydrogen (secondary N) is 6. The Labute approximate surface area is 187 Å². The molecule has 1 aromatic carbocycles. The molecule has 0 spiro atoms. The standard InChI is InChI=1S/C22H30FN7O2/c1-26-11-15(10-24)14-3-4-20(18(23)9-14)29-21(25)17-12-30(22(31)27-2)7-5-19(17)28-16-6-8-32-13-16/h3-4,9-11,16,24,26,28H,5-8,12-13H2,1-2H3,(H2,25,29)(H,27,31)/b15-11+,24-10?/t16-/m0/s1. The lowest BCUT2D eigenvalue weighted by Crippen LogP contribution is -2.46. The van der Waals surface area contributed by atoms with Gasteiger partial charge >= 0.3 is 6.03 Å². The van der Waals surface area contributed by atoms with Crippen molar-refractivity contribution < 1.29 is 13.9 Å². The Hall–Kier alpha value is -3.40. The van der Waals surface area contributed by atoms with E-state index in [9.17, 15) is 9.18 Å². The minimum absolute atomic E-state index is 0.0321. The summed E-state index contributed by atoms with van der Waals surface area (Å²) in [5.74, 6) is -0.501. The zero-order valence-corrected chi connectivity index (χ0v) is 18.3. The molecule has 1 fully saturated rings. The summed E-state index contributed by atoms with van der Waals surface area (Å²) in [6, 6.07) is 4.50. The second kappa shape index (κ2) is 10.8. The fourth-order valence-corrected chi connectivity index (χ4v) is 3.75. The lowest BCUT2D eigenvalue weighted by atomic mass is 10.0. The summed E-state index contributed by atoms with van der Waals surface area (Å²) < 4.78 is 20.2. The molecule has 2 aliphatic rings. The van der Waals surface area contributed by atoms with Gasteiger partial charge in [0.2, 0.25) is 0 Å². The van der Waals surface area contributed by atoms with E-state index < -0.39 is 5.82 Å². The topological polar surface area (TPSA) is 125 Å². The average molecular weight is 444 g/mol. The van der Waals surface area contributed by atoms with Gasteiger partial charge in [-0.05, 0) is 24.1 Å². The number of carbonyl (C=O) groups is 1. The monoisotopic (exact) mass is 443 g/mol. The molecule has 0 saturated carbocycles. The summed E-state index contributed by atoms with van der Waals surface area (Å²) in [5.41, 5.74) is 2.73. The second-order valence-electron chi connectivity index (χ2n) is 7.62. The van der Waals surface area contributed by atoms with Gasteiger partial charge < -0.3 is 36.3 Å². The Bertz CT molecular complexity index is 938. The van der Waals surface area contributed by atoms with Crippen LogP contribution in [0.4, 0.5) is 14.9 Å². The third-order valence-electron chi connectivity index (χ3n) is 5.47. The Morgan fingerprint density at radius 2 is 2.16 bits per heavy atom. The molecule has 0 bridgehead atoms. The van der Waals surface area contributed by atoms with E-state index in [-0.39, 0.29) is 30.1 Å². The molecule has 1 atom stereocenters. The Morgan fingerprint density at radius 1 is 1.34 bits per heavy atom. The van der Waals surface area contributed by atoms with E-state index in [2.05, 4.69) is 21.3 Å². The molecule has 2 heterocycles. The van der Waals surface area contributed by atoms with E-state index >= 15 is 0 Å². The fourth-order valence-electron chi connectivity index (χ4n) is 3.75. The first kappa shape index (κ1) is 23.3. The Kier molecular flexibility index (Phi) is 7.82. The quantitative estimate of drug-likeness (QED) is 0.284. The van der Waals surface area contributed by atoms with Crippen molar-refractivity contribution in [3.63, 3.8) is 0 Å². The van der Waals surface area contributed by atoms with Crippen LogP contribution in [0.25, 0.3) is 5.57 Å². The SMILES string of the molecule is CN/C=C(\C=N)c1ccc(NC(=N)C2=C(N[C@H]3CCOC3)CCN(C(=O)NC)C2)c(F)c1. The number of hydrogen-bond acceptors (Lipinski definition) is 6. The lowest BCUT2D eigenvalue weighted by molar-refractivity contribution is 0.189. The molecule has 3 rings (SSSR count). The minimum Gasteiger partial charge on any atom is -0.393 e. The molecule has 9 nitrogen and oxygen atoms in total. The predicted octanol–water partition coefficient (Wildman–Crippen LogP) is 2.10. The number of benzene rings is 1. The van der Waals surface area contributed by atoms with Gasteiger partial charge in [-0.2, -0.15) is 0 Å². The number of hydrogen-bond donors (Lipinski definition) is 6. The number of nitrogens with zero attached hydrogens (tertiary/aromatic N) is 1. The summed E-state index contributed by atoms with van der Waals surface area (Å²) in [7, 11) is 3.28. The molecule has 0 aliphatic carbocycles. The van der Waals surface area contributed by atoms with E-state index in [0.29, 0.717) is 42.9 Å². The molecule has 2 aliphatic heterocycles. The zero-order chi connectivity index (χ0) is 23.1. The zero-order valence-electron chi connectivity index (χ0n) is 18.3. The summed E-state index contributed by atoms with van der Waals surface area (Å²) >= 11 is 0. The first-order valence-electron chi connectivity index (χ1n) is 10.5. The van der Waals surface area contributed by atoms with Crippen LogP contribution in [-0.2, 0) is 4.74 Å².